The second kappa shape index (κ2) is 2.65. The molecule has 0 radical (unpaired) electrons. The van der Waals surface area contributed by atoms with E-state index in [1.807, 2.05) is 0 Å². The second-order valence-corrected chi connectivity index (χ2v) is 2.97. The van der Waals surface area contributed by atoms with Crippen LogP contribution in [0.15, 0.2) is 18.2 Å². The zero-order chi connectivity index (χ0) is 9.42. The zero-order valence-corrected chi connectivity index (χ0v) is 7.28. The van der Waals surface area contributed by atoms with Gasteiger partial charge in [0.25, 0.3) is 5.91 Å². The number of rotatable bonds is 0. The van der Waals surface area contributed by atoms with Crippen LogP contribution < -0.4 is 15.4 Å². The predicted octanol–water partition coefficient (Wildman–Crippen LogP) is 0.624. The highest BCUT2D eigenvalue weighted by Crippen LogP contribution is 2.32. The number of hydrogen-bond acceptors (Lipinski definition) is 3. The first-order valence-electron chi connectivity index (χ1n) is 3.97. The van der Waals surface area contributed by atoms with Crippen LogP contribution in [0.1, 0.15) is 0 Å². The molecule has 1 aliphatic heterocycles. The molecule has 1 aromatic carbocycles. The summed E-state index contributed by atoms with van der Waals surface area (Å²) >= 11 is 0. The zero-order valence-electron chi connectivity index (χ0n) is 7.28. The molecule has 0 spiro atoms. The Morgan fingerprint density at radius 3 is 3.08 bits per heavy atom. The average Bonchev–Trinajstić information content (AvgIpc) is 2.12. The number of nitrogens with two attached hydrogens (primary N) is 1. The number of carbonyl (C=O) groups excluding carboxylic acids is 1. The molecule has 13 heavy (non-hydrogen) atoms. The van der Waals surface area contributed by atoms with E-state index in [0.29, 0.717) is 11.4 Å². The summed E-state index contributed by atoms with van der Waals surface area (Å²) in [4.78, 5) is 12.8. The van der Waals surface area contributed by atoms with Crippen LogP contribution in [0.2, 0.25) is 0 Å². The van der Waals surface area contributed by atoms with Crippen molar-refractivity contribution in [2.24, 2.45) is 0 Å². The van der Waals surface area contributed by atoms with Crippen LogP contribution in [-0.2, 0) is 4.79 Å². The van der Waals surface area contributed by atoms with Gasteiger partial charge in [0.2, 0.25) is 0 Å². The molecule has 2 rings (SSSR count). The van der Waals surface area contributed by atoms with E-state index in [1.54, 1.807) is 30.1 Å². The van der Waals surface area contributed by atoms with Crippen molar-refractivity contribution in [2.45, 2.75) is 0 Å². The molecule has 0 fully saturated rings. The molecule has 1 heterocycles. The van der Waals surface area contributed by atoms with Crippen LogP contribution in [0.25, 0.3) is 0 Å². The lowest BCUT2D eigenvalue weighted by Crippen LogP contribution is -2.35. The Balaban J connectivity index is 2.49. The van der Waals surface area contributed by atoms with Crippen molar-refractivity contribution in [1.29, 1.82) is 0 Å². The lowest BCUT2D eigenvalue weighted by Gasteiger charge is -2.25. The quantitative estimate of drug-likeness (QED) is 0.592. The first-order valence-corrected chi connectivity index (χ1v) is 3.97. The number of likely N-dealkylation sites (N-methyl/N-ethyl adjacent to an activating group) is 1. The van der Waals surface area contributed by atoms with Gasteiger partial charge in [0, 0.05) is 18.8 Å². The van der Waals surface area contributed by atoms with Gasteiger partial charge >= 0.3 is 0 Å². The van der Waals surface area contributed by atoms with Gasteiger partial charge in [0.1, 0.15) is 5.75 Å². The molecule has 0 atom stereocenters. The average molecular weight is 178 g/mol. The third kappa shape index (κ3) is 1.20. The smallest absolute Gasteiger partial charge is 0.264 e. The molecule has 68 valence electrons. The van der Waals surface area contributed by atoms with Crippen molar-refractivity contribution >= 4 is 17.3 Å². The molecule has 0 aliphatic carbocycles. The maximum Gasteiger partial charge on any atom is 0.264 e. The van der Waals surface area contributed by atoms with E-state index in [0.717, 1.165) is 5.69 Å². The number of hydrogen-bond donors (Lipinski definition) is 1. The molecule has 0 saturated carbocycles. The first kappa shape index (κ1) is 7.91. The minimum absolute atomic E-state index is 0.0442. The Morgan fingerprint density at radius 1 is 1.54 bits per heavy atom. The molecule has 2 N–H and O–H groups in total. The molecule has 4 nitrogen and oxygen atoms in total. The molecule has 0 unspecified atom stereocenters. The van der Waals surface area contributed by atoms with E-state index in [-0.39, 0.29) is 12.5 Å². The molecule has 0 aromatic heterocycles. The second-order valence-electron chi connectivity index (χ2n) is 2.97. The summed E-state index contributed by atoms with van der Waals surface area (Å²) in [7, 11) is 1.72. The van der Waals surface area contributed by atoms with E-state index in [4.69, 9.17) is 10.5 Å². The molecule has 0 bridgehead atoms. The first-order chi connectivity index (χ1) is 6.18. The van der Waals surface area contributed by atoms with Gasteiger partial charge in [-0.05, 0) is 12.1 Å². The van der Waals surface area contributed by atoms with Crippen molar-refractivity contribution in [3.8, 4) is 5.75 Å². The number of amides is 1. The summed E-state index contributed by atoms with van der Waals surface area (Å²) in [6, 6.07) is 5.25. The molecular weight excluding hydrogens is 168 g/mol. The summed E-state index contributed by atoms with van der Waals surface area (Å²) in [5.41, 5.74) is 6.99. The molecule has 1 aromatic rings. The monoisotopic (exact) mass is 178 g/mol. The molecular formula is C9H10N2O2. The van der Waals surface area contributed by atoms with Gasteiger partial charge in [0.15, 0.2) is 6.61 Å². The van der Waals surface area contributed by atoms with Gasteiger partial charge in [-0.25, -0.2) is 0 Å². The Bertz CT molecular complexity index is 363. The number of carbonyl (C=O) groups is 1. The number of nitrogen functional groups attached to an aromatic ring is 1. The Labute approximate surface area is 75.9 Å². The largest absolute Gasteiger partial charge is 0.481 e. The number of nitrogens with zero attached hydrogens (tertiary/aromatic N) is 1. The summed E-state index contributed by atoms with van der Waals surface area (Å²) in [5.74, 6) is 0.624. The lowest BCUT2D eigenvalue weighted by molar-refractivity contribution is -0.120. The van der Waals surface area contributed by atoms with Gasteiger partial charge in [-0.1, -0.05) is 0 Å². The van der Waals surface area contributed by atoms with Gasteiger partial charge in [-0.2, -0.15) is 0 Å². The molecule has 4 heteroatoms. The van der Waals surface area contributed by atoms with Crippen LogP contribution in [0.3, 0.4) is 0 Å². The topological polar surface area (TPSA) is 55.6 Å². The van der Waals surface area contributed by atoms with Crippen molar-refractivity contribution in [3.63, 3.8) is 0 Å². The fourth-order valence-corrected chi connectivity index (χ4v) is 1.29. The fourth-order valence-electron chi connectivity index (χ4n) is 1.29. The highest BCUT2D eigenvalue weighted by atomic mass is 16.5. The number of fused-ring (bicyclic) bond motifs is 1. The van der Waals surface area contributed by atoms with E-state index in [1.165, 1.54) is 0 Å². The number of anilines is 2. The van der Waals surface area contributed by atoms with Crippen LogP contribution in [-0.4, -0.2) is 19.6 Å². The molecule has 0 saturated heterocycles. The predicted molar refractivity (Wildman–Crippen MR) is 49.8 cm³/mol. The van der Waals surface area contributed by atoms with Gasteiger partial charge in [-0.3, -0.25) is 4.79 Å². The van der Waals surface area contributed by atoms with Gasteiger partial charge in [0.05, 0.1) is 5.69 Å². The maximum absolute atomic E-state index is 11.2. The molecule has 1 amide bonds. The van der Waals surface area contributed by atoms with Crippen molar-refractivity contribution in [2.75, 3.05) is 24.3 Å². The SMILES string of the molecule is CN1C(=O)COc2cc(N)ccc21. The van der Waals surface area contributed by atoms with Gasteiger partial charge in [-0.15, -0.1) is 0 Å². The lowest BCUT2D eigenvalue weighted by atomic mass is 10.2. The van der Waals surface area contributed by atoms with Crippen LogP contribution >= 0.6 is 0 Å². The highest BCUT2D eigenvalue weighted by Gasteiger charge is 2.21. The van der Waals surface area contributed by atoms with E-state index in [9.17, 15) is 4.79 Å². The summed E-state index contributed by atoms with van der Waals surface area (Å²) < 4.78 is 5.22. The third-order valence-electron chi connectivity index (χ3n) is 2.07. The minimum atomic E-state index is -0.0442. The Morgan fingerprint density at radius 2 is 2.31 bits per heavy atom. The summed E-state index contributed by atoms with van der Waals surface area (Å²) in [6.07, 6.45) is 0. The summed E-state index contributed by atoms with van der Waals surface area (Å²) in [6.45, 7) is 0.0902. The van der Waals surface area contributed by atoms with E-state index >= 15 is 0 Å². The summed E-state index contributed by atoms with van der Waals surface area (Å²) in [5, 5.41) is 0. The third-order valence-corrected chi connectivity index (χ3v) is 2.07. The van der Waals surface area contributed by atoms with Crippen LogP contribution in [0, 0.1) is 0 Å². The van der Waals surface area contributed by atoms with E-state index < -0.39 is 0 Å². The highest BCUT2D eigenvalue weighted by molar-refractivity contribution is 5.97. The Kier molecular flexibility index (Phi) is 1.62. The normalized spacial score (nSPS) is 15.2. The van der Waals surface area contributed by atoms with Crippen molar-refractivity contribution < 1.29 is 9.53 Å². The van der Waals surface area contributed by atoms with Crippen molar-refractivity contribution in [3.05, 3.63) is 18.2 Å². The van der Waals surface area contributed by atoms with Crippen LogP contribution in [0.5, 0.6) is 5.75 Å². The van der Waals surface area contributed by atoms with Gasteiger partial charge < -0.3 is 15.4 Å². The molecule has 1 aliphatic rings. The Hall–Kier alpha value is -1.71. The number of benzene rings is 1. The van der Waals surface area contributed by atoms with Crippen molar-refractivity contribution in [1.82, 2.24) is 0 Å². The standard InChI is InChI=1S/C9H10N2O2/c1-11-7-3-2-6(10)4-8(7)13-5-9(11)12/h2-4H,5,10H2,1H3. The minimum Gasteiger partial charge on any atom is -0.481 e. The van der Waals surface area contributed by atoms with E-state index in [2.05, 4.69) is 0 Å². The number of ether oxygens (including phenoxy) is 1. The fraction of sp³-hybridized carbons (Fsp3) is 0.222. The van der Waals surface area contributed by atoms with Crippen LogP contribution in [0.4, 0.5) is 11.4 Å². The maximum atomic E-state index is 11.2.